The maximum atomic E-state index is 11.2. The Hall–Kier alpha value is -0.770. The minimum absolute atomic E-state index is 0.406. The van der Waals surface area contributed by atoms with Crippen LogP contribution in [0, 0.1) is 0 Å². The Labute approximate surface area is 87.9 Å². The van der Waals surface area contributed by atoms with Gasteiger partial charge in [0.2, 0.25) is 0 Å². The molecule has 2 rings (SSSR count). The Morgan fingerprint density at radius 1 is 1.64 bits per heavy atom. The molecule has 0 bridgehead atoms. The first-order chi connectivity index (χ1) is 6.75. The molecule has 1 aromatic rings. The van der Waals surface area contributed by atoms with Crippen molar-refractivity contribution in [3.63, 3.8) is 0 Å². The molecule has 0 N–H and O–H groups in total. The molecule has 0 radical (unpaired) electrons. The second-order valence-corrected chi connectivity index (χ2v) is 4.96. The van der Waals surface area contributed by atoms with Crippen molar-refractivity contribution >= 4 is 17.5 Å². The van der Waals surface area contributed by atoms with Crippen molar-refractivity contribution in [1.82, 2.24) is 9.55 Å². The number of hydrogen-bond donors (Lipinski definition) is 0. The first-order valence-electron chi connectivity index (χ1n) is 4.91. The first-order valence-corrected chi connectivity index (χ1v) is 5.79. The number of carbonyl (C=O) groups is 1. The Bertz CT molecular complexity index is 335. The molecule has 3 nitrogen and oxygen atoms in total. The molecule has 14 heavy (non-hydrogen) atoms. The van der Waals surface area contributed by atoms with Crippen molar-refractivity contribution in [2.45, 2.75) is 36.1 Å². The lowest BCUT2D eigenvalue weighted by Gasteiger charge is -2.19. The lowest BCUT2D eigenvalue weighted by molar-refractivity contribution is -0.120. The van der Waals surface area contributed by atoms with Crippen molar-refractivity contribution in [2.24, 2.45) is 7.05 Å². The van der Waals surface area contributed by atoms with E-state index in [1.54, 1.807) is 18.0 Å². The number of Topliss-reactive ketones (excluding diaryl/α,β-unsaturated/α-hetero) is 1. The van der Waals surface area contributed by atoms with Gasteiger partial charge in [-0.2, -0.15) is 0 Å². The van der Waals surface area contributed by atoms with Gasteiger partial charge in [-0.25, -0.2) is 4.98 Å². The van der Waals surface area contributed by atoms with Gasteiger partial charge < -0.3 is 4.57 Å². The second kappa shape index (κ2) is 4.17. The summed E-state index contributed by atoms with van der Waals surface area (Å²) in [5.74, 6) is 0.406. The molecule has 0 spiro atoms. The number of thioether (sulfide) groups is 1. The molecule has 0 saturated heterocycles. The topological polar surface area (TPSA) is 34.9 Å². The van der Waals surface area contributed by atoms with E-state index >= 15 is 0 Å². The van der Waals surface area contributed by atoms with E-state index in [2.05, 4.69) is 4.98 Å². The predicted molar refractivity (Wildman–Crippen MR) is 56.3 cm³/mol. The van der Waals surface area contributed by atoms with Gasteiger partial charge in [0.1, 0.15) is 5.78 Å². The van der Waals surface area contributed by atoms with Gasteiger partial charge in [0.25, 0.3) is 0 Å². The molecule has 1 unspecified atom stereocenters. The van der Waals surface area contributed by atoms with Crippen molar-refractivity contribution < 1.29 is 4.79 Å². The SMILES string of the molecule is Cn1ccnc1SC1CCCC(=O)C1. The van der Waals surface area contributed by atoms with Gasteiger partial charge in [-0.1, -0.05) is 11.8 Å². The van der Waals surface area contributed by atoms with E-state index in [1.807, 2.05) is 17.8 Å². The fraction of sp³-hybridized carbons (Fsp3) is 0.600. The highest BCUT2D eigenvalue weighted by atomic mass is 32.2. The van der Waals surface area contributed by atoms with Gasteiger partial charge in [-0.05, 0) is 12.8 Å². The summed E-state index contributed by atoms with van der Waals surface area (Å²) < 4.78 is 2.00. The van der Waals surface area contributed by atoms with Crippen LogP contribution in [-0.2, 0) is 11.8 Å². The van der Waals surface area contributed by atoms with E-state index in [1.165, 1.54) is 0 Å². The van der Waals surface area contributed by atoms with E-state index in [0.717, 1.165) is 30.8 Å². The number of ketones is 1. The number of carbonyl (C=O) groups excluding carboxylic acids is 1. The number of imidazole rings is 1. The maximum Gasteiger partial charge on any atom is 0.167 e. The van der Waals surface area contributed by atoms with Gasteiger partial charge in [0.15, 0.2) is 5.16 Å². The highest BCUT2D eigenvalue weighted by Crippen LogP contribution is 2.30. The van der Waals surface area contributed by atoms with Crippen molar-refractivity contribution in [2.75, 3.05) is 0 Å². The zero-order valence-corrected chi connectivity index (χ0v) is 9.09. The average Bonchev–Trinajstić information content (AvgIpc) is 2.52. The van der Waals surface area contributed by atoms with E-state index in [9.17, 15) is 4.79 Å². The highest BCUT2D eigenvalue weighted by molar-refractivity contribution is 7.99. The third-order valence-corrected chi connectivity index (χ3v) is 3.83. The second-order valence-electron chi connectivity index (χ2n) is 3.70. The van der Waals surface area contributed by atoms with Crippen LogP contribution in [0.4, 0.5) is 0 Å². The molecule has 0 aromatic carbocycles. The Morgan fingerprint density at radius 2 is 2.50 bits per heavy atom. The molecule has 4 heteroatoms. The van der Waals surface area contributed by atoms with Crippen LogP contribution in [-0.4, -0.2) is 20.6 Å². The number of nitrogens with zero attached hydrogens (tertiary/aromatic N) is 2. The van der Waals surface area contributed by atoms with Crippen LogP contribution in [0.3, 0.4) is 0 Å². The highest BCUT2D eigenvalue weighted by Gasteiger charge is 2.21. The summed E-state index contributed by atoms with van der Waals surface area (Å²) in [7, 11) is 1.99. The quantitative estimate of drug-likeness (QED) is 0.749. The van der Waals surface area contributed by atoms with Gasteiger partial charge in [-0.3, -0.25) is 4.79 Å². The van der Waals surface area contributed by atoms with Crippen molar-refractivity contribution in [1.29, 1.82) is 0 Å². The summed E-state index contributed by atoms with van der Waals surface area (Å²) in [6, 6.07) is 0. The van der Waals surface area contributed by atoms with Crippen LogP contribution >= 0.6 is 11.8 Å². The average molecular weight is 210 g/mol. The number of aromatic nitrogens is 2. The molecule has 1 atom stereocenters. The third kappa shape index (κ3) is 2.18. The lowest BCUT2D eigenvalue weighted by Crippen LogP contribution is -2.17. The summed E-state index contributed by atoms with van der Waals surface area (Å²) in [5.41, 5.74) is 0. The number of aryl methyl sites for hydroxylation is 1. The van der Waals surface area contributed by atoms with E-state index in [-0.39, 0.29) is 0 Å². The van der Waals surface area contributed by atoms with E-state index in [4.69, 9.17) is 0 Å². The summed E-state index contributed by atoms with van der Waals surface area (Å²) in [6.07, 6.45) is 7.42. The maximum absolute atomic E-state index is 11.2. The van der Waals surface area contributed by atoms with Crippen LogP contribution in [0.2, 0.25) is 0 Å². The van der Waals surface area contributed by atoms with E-state index in [0.29, 0.717) is 11.0 Å². The van der Waals surface area contributed by atoms with Crippen LogP contribution < -0.4 is 0 Å². The normalized spacial score (nSPS) is 22.6. The Morgan fingerprint density at radius 3 is 3.14 bits per heavy atom. The molecular weight excluding hydrogens is 196 g/mol. The largest absolute Gasteiger partial charge is 0.329 e. The van der Waals surface area contributed by atoms with Crippen LogP contribution in [0.15, 0.2) is 17.6 Å². The fourth-order valence-corrected chi connectivity index (χ4v) is 2.90. The predicted octanol–water partition coefficient (Wildman–Crippen LogP) is 2.02. The Kier molecular flexibility index (Phi) is 2.91. The molecule has 1 fully saturated rings. The zero-order chi connectivity index (χ0) is 9.97. The zero-order valence-electron chi connectivity index (χ0n) is 8.27. The molecule has 1 aliphatic rings. The lowest BCUT2D eigenvalue weighted by atomic mass is 9.99. The molecule has 1 aliphatic carbocycles. The van der Waals surface area contributed by atoms with Crippen LogP contribution in [0.1, 0.15) is 25.7 Å². The van der Waals surface area contributed by atoms with Crippen LogP contribution in [0.25, 0.3) is 0 Å². The number of hydrogen-bond acceptors (Lipinski definition) is 3. The molecule has 1 aromatic heterocycles. The third-order valence-electron chi connectivity index (χ3n) is 2.49. The summed E-state index contributed by atoms with van der Waals surface area (Å²) in [4.78, 5) is 15.5. The number of rotatable bonds is 2. The molecule has 0 amide bonds. The fourth-order valence-electron chi connectivity index (χ4n) is 1.70. The standard InChI is InChI=1S/C10H14N2OS/c1-12-6-5-11-10(12)14-9-4-2-3-8(13)7-9/h5-6,9H,2-4,7H2,1H3. The molecule has 1 saturated carbocycles. The monoisotopic (exact) mass is 210 g/mol. The van der Waals surface area contributed by atoms with Crippen molar-refractivity contribution in [3.05, 3.63) is 12.4 Å². The smallest absolute Gasteiger partial charge is 0.167 e. The van der Waals surface area contributed by atoms with Crippen LogP contribution in [0.5, 0.6) is 0 Å². The Balaban J connectivity index is 1.97. The first kappa shape index (κ1) is 9.77. The summed E-state index contributed by atoms with van der Waals surface area (Å²) in [5, 5.41) is 1.46. The van der Waals surface area contributed by atoms with Gasteiger partial charge in [0, 0.05) is 37.5 Å². The van der Waals surface area contributed by atoms with Gasteiger partial charge in [-0.15, -0.1) is 0 Å². The molecule has 1 heterocycles. The minimum Gasteiger partial charge on any atom is -0.329 e. The van der Waals surface area contributed by atoms with Crippen molar-refractivity contribution in [3.8, 4) is 0 Å². The molecular formula is C10H14N2OS. The van der Waals surface area contributed by atoms with E-state index < -0.39 is 0 Å². The minimum atomic E-state index is 0.406. The molecule has 0 aliphatic heterocycles. The molecule has 76 valence electrons. The summed E-state index contributed by atoms with van der Waals surface area (Å²) in [6.45, 7) is 0. The summed E-state index contributed by atoms with van der Waals surface area (Å²) >= 11 is 1.73. The van der Waals surface area contributed by atoms with Gasteiger partial charge >= 0.3 is 0 Å². The van der Waals surface area contributed by atoms with Gasteiger partial charge in [0.05, 0.1) is 0 Å².